The van der Waals surface area contributed by atoms with Crippen molar-refractivity contribution in [2.24, 2.45) is 0 Å². The third-order valence-corrected chi connectivity index (χ3v) is 3.33. The average molecular weight is 286 g/mol. The number of anilines is 3. The highest BCUT2D eigenvalue weighted by Crippen LogP contribution is 2.21. The quantitative estimate of drug-likeness (QED) is 0.907. The summed E-state index contributed by atoms with van der Waals surface area (Å²) in [5.74, 6) is 1.48. The van der Waals surface area contributed by atoms with Crippen molar-refractivity contribution in [1.29, 1.82) is 0 Å². The number of aromatic nitrogens is 3. The first-order valence-corrected chi connectivity index (χ1v) is 7.09. The van der Waals surface area contributed by atoms with Crippen molar-refractivity contribution in [2.75, 3.05) is 42.7 Å². The number of rotatable bonds is 5. The maximum absolute atomic E-state index is 5.82. The zero-order chi connectivity index (χ0) is 15.4. The predicted octanol–water partition coefficient (Wildman–Crippen LogP) is 2.03. The van der Waals surface area contributed by atoms with Gasteiger partial charge in [-0.15, -0.1) is 0 Å². The Morgan fingerprint density at radius 3 is 2.10 bits per heavy atom. The van der Waals surface area contributed by atoms with Crippen molar-refractivity contribution < 1.29 is 0 Å². The molecular formula is C15H22N6. The van der Waals surface area contributed by atoms with E-state index in [1.165, 1.54) is 0 Å². The molecule has 0 aliphatic carbocycles. The molecule has 1 aromatic carbocycles. The van der Waals surface area contributed by atoms with Gasteiger partial charge in [-0.2, -0.15) is 15.0 Å². The maximum atomic E-state index is 5.82. The van der Waals surface area contributed by atoms with E-state index in [9.17, 15) is 0 Å². The van der Waals surface area contributed by atoms with E-state index in [2.05, 4.69) is 33.7 Å². The van der Waals surface area contributed by atoms with E-state index in [0.29, 0.717) is 11.8 Å². The molecule has 2 aromatic rings. The molecule has 21 heavy (non-hydrogen) atoms. The van der Waals surface area contributed by atoms with Crippen molar-refractivity contribution in [2.45, 2.75) is 13.8 Å². The molecule has 0 amide bonds. The number of nitrogens with two attached hydrogens (primary N) is 1. The zero-order valence-corrected chi connectivity index (χ0v) is 13.0. The molecule has 1 aromatic heterocycles. The van der Waals surface area contributed by atoms with Crippen molar-refractivity contribution in [3.8, 4) is 11.4 Å². The van der Waals surface area contributed by atoms with Crippen molar-refractivity contribution in [3.63, 3.8) is 0 Å². The molecule has 0 unspecified atom stereocenters. The fraction of sp³-hybridized carbons (Fsp3) is 0.400. The largest absolute Gasteiger partial charge is 0.378 e. The molecule has 2 N–H and O–H groups in total. The van der Waals surface area contributed by atoms with Gasteiger partial charge in [0, 0.05) is 38.4 Å². The van der Waals surface area contributed by atoms with Crippen molar-refractivity contribution in [1.82, 2.24) is 15.0 Å². The second-order valence-corrected chi connectivity index (χ2v) is 4.93. The monoisotopic (exact) mass is 286 g/mol. The van der Waals surface area contributed by atoms with Gasteiger partial charge in [0.1, 0.15) is 0 Å². The van der Waals surface area contributed by atoms with Crippen LogP contribution in [0.5, 0.6) is 0 Å². The van der Waals surface area contributed by atoms with E-state index in [0.717, 1.165) is 24.3 Å². The third kappa shape index (κ3) is 3.39. The third-order valence-electron chi connectivity index (χ3n) is 3.33. The molecule has 2 rings (SSSR count). The molecule has 6 heteroatoms. The SMILES string of the molecule is CCN(CC)c1nc(N)nc(-c2ccc(N(C)C)cc2)n1. The fourth-order valence-corrected chi connectivity index (χ4v) is 2.07. The van der Waals surface area contributed by atoms with E-state index in [1.807, 2.05) is 43.3 Å². The van der Waals surface area contributed by atoms with Gasteiger partial charge in [0.2, 0.25) is 11.9 Å². The van der Waals surface area contributed by atoms with Crippen molar-refractivity contribution >= 4 is 17.6 Å². The lowest BCUT2D eigenvalue weighted by Gasteiger charge is -2.19. The van der Waals surface area contributed by atoms with Crippen LogP contribution in [-0.4, -0.2) is 42.1 Å². The average Bonchev–Trinajstić information content (AvgIpc) is 2.48. The normalized spacial score (nSPS) is 10.5. The van der Waals surface area contributed by atoms with Gasteiger partial charge < -0.3 is 15.5 Å². The molecule has 0 atom stereocenters. The molecule has 0 spiro atoms. The molecule has 0 fully saturated rings. The Morgan fingerprint density at radius 2 is 1.57 bits per heavy atom. The Bertz CT molecular complexity index is 590. The summed E-state index contributed by atoms with van der Waals surface area (Å²) in [7, 11) is 4.02. The molecule has 0 saturated heterocycles. The Labute approximate surface area is 125 Å². The van der Waals surface area contributed by atoms with E-state index in [4.69, 9.17) is 5.73 Å². The summed E-state index contributed by atoms with van der Waals surface area (Å²) in [5, 5.41) is 0. The first kappa shape index (κ1) is 15.0. The van der Waals surface area contributed by atoms with Crippen LogP contribution in [0, 0.1) is 0 Å². The van der Waals surface area contributed by atoms with Gasteiger partial charge in [-0.05, 0) is 38.1 Å². The first-order valence-electron chi connectivity index (χ1n) is 7.09. The van der Waals surface area contributed by atoms with E-state index >= 15 is 0 Å². The summed E-state index contributed by atoms with van der Waals surface area (Å²) in [4.78, 5) is 17.1. The number of nitrogens with zero attached hydrogens (tertiary/aromatic N) is 5. The number of hydrogen-bond donors (Lipinski definition) is 1. The van der Waals surface area contributed by atoms with E-state index in [-0.39, 0.29) is 5.95 Å². The van der Waals surface area contributed by atoms with Gasteiger partial charge in [-0.1, -0.05) is 0 Å². The lowest BCUT2D eigenvalue weighted by molar-refractivity contribution is 0.816. The Hall–Kier alpha value is -2.37. The lowest BCUT2D eigenvalue weighted by atomic mass is 10.2. The molecule has 0 radical (unpaired) electrons. The van der Waals surface area contributed by atoms with Crippen LogP contribution in [-0.2, 0) is 0 Å². The highest BCUT2D eigenvalue weighted by Gasteiger charge is 2.11. The molecule has 0 saturated carbocycles. The summed E-state index contributed by atoms with van der Waals surface area (Å²) in [6.07, 6.45) is 0. The van der Waals surface area contributed by atoms with Gasteiger partial charge >= 0.3 is 0 Å². The smallest absolute Gasteiger partial charge is 0.230 e. The van der Waals surface area contributed by atoms with Gasteiger partial charge in [0.25, 0.3) is 0 Å². The number of benzene rings is 1. The Morgan fingerprint density at radius 1 is 0.952 bits per heavy atom. The van der Waals surface area contributed by atoms with Crippen LogP contribution >= 0.6 is 0 Å². The minimum atomic E-state index is 0.249. The second-order valence-electron chi connectivity index (χ2n) is 4.93. The van der Waals surface area contributed by atoms with Crippen LogP contribution in [0.1, 0.15) is 13.8 Å². The lowest BCUT2D eigenvalue weighted by Crippen LogP contribution is -2.25. The predicted molar refractivity (Wildman–Crippen MR) is 87.6 cm³/mol. The summed E-state index contributed by atoms with van der Waals surface area (Å²) < 4.78 is 0. The van der Waals surface area contributed by atoms with Crippen LogP contribution < -0.4 is 15.5 Å². The number of nitrogen functional groups attached to an aromatic ring is 1. The second kappa shape index (κ2) is 6.39. The van der Waals surface area contributed by atoms with Gasteiger partial charge in [-0.3, -0.25) is 0 Å². The summed E-state index contributed by atoms with van der Waals surface area (Å²) in [6.45, 7) is 5.79. The summed E-state index contributed by atoms with van der Waals surface area (Å²) >= 11 is 0. The minimum Gasteiger partial charge on any atom is -0.378 e. The van der Waals surface area contributed by atoms with Crippen LogP contribution in [0.25, 0.3) is 11.4 Å². The van der Waals surface area contributed by atoms with Crippen LogP contribution in [0.15, 0.2) is 24.3 Å². The van der Waals surface area contributed by atoms with E-state index in [1.54, 1.807) is 0 Å². The molecule has 1 heterocycles. The first-order chi connectivity index (χ1) is 10.0. The zero-order valence-electron chi connectivity index (χ0n) is 13.0. The molecule has 0 aliphatic heterocycles. The van der Waals surface area contributed by atoms with Gasteiger partial charge in [0.05, 0.1) is 0 Å². The standard InChI is InChI=1S/C15H22N6/c1-5-21(6-2)15-18-13(17-14(16)19-15)11-7-9-12(10-8-11)20(3)4/h7-10H,5-6H2,1-4H3,(H2,16,17,18,19). The maximum Gasteiger partial charge on any atom is 0.230 e. The van der Waals surface area contributed by atoms with Gasteiger partial charge in [-0.25, -0.2) is 0 Å². The molecule has 0 bridgehead atoms. The fourth-order valence-electron chi connectivity index (χ4n) is 2.07. The summed E-state index contributed by atoms with van der Waals surface area (Å²) in [5.41, 5.74) is 7.89. The van der Waals surface area contributed by atoms with Crippen LogP contribution in [0.3, 0.4) is 0 Å². The highest BCUT2D eigenvalue weighted by atomic mass is 15.3. The Kier molecular flexibility index (Phi) is 4.57. The van der Waals surface area contributed by atoms with Crippen LogP contribution in [0.2, 0.25) is 0 Å². The molecular weight excluding hydrogens is 264 g/mol. The highest BCUT2D eigenvalue weighted by molar-refractivity contribution is 5.62. The topological polar surface area (TPSA) is 71.2 Å². The van der Waals surface area contributed by atoms with Crippen LogP contribution in [0.4, 0.5) is 17.6 Å². The Balaban J connectivity index is 2.39. The van der Waals surface area contributed by atoms with Gasteiger partial charge in [0.15, 0.2) is 5.82 Å². The molecule has 6 nitrogen and oxygen atoms in total. The molecule has 0 aliphatic rings. The number of hydrogen-bond acceptors (Lipinski definition) is 6. The summed E-state index contributed by atoms with van der Waals surface area (Å²) in [6, 6.07) is 8.06. The van der Waals surface area contributed by atoms with Crippen molar-refractivity contribution in [3.05, 3.63) is 24.3 Å². The van der Waals surface area contributed by atoms with E-state index < -0.39 is 0 Å². The molecule has 112 valence electrons. The minimum absolute atomic E-state index is 0.249.